The molecule has 1 N–H and O–H groups in total. The van der Waals surface area contributed by atoms with Crippen molar-refractivity contribution >= 4 is 17.8 Å². The van der Waals surface area contributed by atoms with E-state index in [9.17, 15) is 9.59 Å². The maximum atomic E-state index is 12.9. The van der Waals surface area contributed by atoms with Gasteiger partial charge in [-0.25, -0.2) is 4.98 Å². The zero-order chi connectivity index (χ0) is 24.0. The Hall–Kier alpha value is -3.41. The molecule has 1 aromatic heterocycles. The molecule has 0 unspecified atom stereocenters. The van der Waals surface area contributed by atoms with Gasteiger partial charge in [0.15, 0.2) is 0 Å². The van der Waals surface area contributed by atoms with E-state index in [1.807, 2.05) is 74.0 Å². The Balaban J connectivity index is 1.91. The highest BCUT2D eigenvalue weighted by atomic mass is 16.2. The molecule has 0 aliphatic rings. The third-order valence-electron chi connectivity index (χ3n) is 5.44. The monoisotopic (exact) mass is 446 g/mol. The molecule has 3 rings (SSSR count). The normalized spacial score (nSPS) is 11.1. The Morgan fingerprint density at radius 2 is 1.67 bits per heavy atom. The predicted octanol–water partition coefficient (Wildman–Crippen LogP) is 5.50. The fourth-order valence-electron chi connectivity index (χ4n) is 3.69. The summed E-state index contributed by atoms with van der Waals surface area (Å²) in [4.78, 5) is 31.6. The second-order valence-corrected chi connectivity index (χ2v) is 9.00. The van der Waals surface area contributed by atoms with Crippen LogP contribution < -0.4 is 5.32 Å². The minimum atomic E-state index is -0.261. The van der Waals surface area contributed by atoms with Crippen LogP contribution in [0.5, 0.6) is 0 Å². The van der Waals surface area contributed by atoms with Crippen LogP contribution in [-0.2, 0) is 9.59 Å². The highest BCUT2D eigenvalue weighted by Gasteiger charge is 2.19. The van der Waals surface area contributed by atoms with E-state index in [4.69, 9.17) is 4.98 Å². The minimum absolute atomic E-state index is 0.00463. The van der Waals surface area contributed by atoms with Crippen LogP contribution in [0.2, 0.25) is 0 Å². The lowest BCUT2D eigenvalue weighted by atomic mass is 10.0. The number of nitrogens with zero attached hydrogens (tertiary/aromatic N) is 3. The number of rotatable bonds is 9. The zero-order valence-electron chi connectivity index (χ0n) is 20.2. The van der Waals surface area contributed by atoms with Crippen LogP contribution in [0.15, 0.2) is 60.8 Å². The van der Waals surface area contributed by atoms with Crippen LogP contribution in [0.25, 0.3) is 16.9 Å². The van der Waals surface area contributed by atoms with Gasteiger partial charge in [0.05, 0.1) is 12.2 Å². The molecule has 0 radical (unpaired) electrons. The number of hydrogen-bond donors (Lipinski definition) is 1. The Bertz CT molecular complexity index is 1070. The predicted molar refractivity (Wildman–Crippen MR) is 133 cm³/mol. The Labute approximate surface area is 196 Å². The highest BCUT2D eigenvalue weighted by molar-refractivity contribution is 5.93. The molecule has 6 heteroatoms. The molecule has 0 bridgehead atoms. The van der Waals surface area contributed by atoms with Gasteiger partial charge in [0.2, 0.25) is 17.8 Å². The van der Waals surface area contributed by atoms with Crippen molar-refractivity contribution in [3.05, 3.63) is 66.4 Å². The first-order chi connectivity index (χ1) is 15.8. The molecule has 0 aliphatic carbocycles. The maximum absolute atomic E-state index is 12.9. The van der Waals surface area contributed by atoms with Gasteiger partial charge in [-0.1, -0.05) is 77.1 Å². The van der Waals surface area contributed by atoms with Crippen LogP contribution in [0.3, 0.4) is 0 Å². The van der Waals surface area contributed by atoms with Crippen LogP contribution in [0.1, 0.15) is 52.5 Å². The number of carbonyl (C=O) groups is 2. The molecule has 3 aromatic rings. The third-order valence-corrected chi connectivity index (χ3v) is 5.44. The average molecular weight is 447 g/mol. The molecule has 0 spiro atoms. The summed E-state index contributed by atoms with van der Waals surface area (Å²) in [6, 6.07) is 18.1. The maximum Gasteiger partial charge on any atom is 0.246 e. The molecule has 0 atom stereocenters. The van der Waals surface area contributed by atoms with Gasteiger partial charge in [0.1, 0.15) is 0 Å². The topological polar surface area (TPSA) is 67.2 Å². The van der Waals surface area contributed by atoms with Crippen LogP contribution in [0.4, 0.5) is 5.95 Å². The zero-order valence-corrected chi connectivity index (χ0v) is 20.2. The third kappa shape index (κ3) is 6.31. The van der Waals surface area contributed by atoms with Crippen molar-refractivity contribution in [2.24, 2.45) is 5.92 Å². The van der Waals surface area contributed by atoms with Crippen LogP contribution in [-0.4, -0.2) is 39.4 Å². The van der Waals surface area contributed by atoms with E-state index in [-0.39, 0.29) is 24.3 Å². The van der Waals surface area contributed by atoms with Crippen molar-refractivity contribution in [2.45, 2.75) is 47.0 Å². The molecule has 33 heavy (non-hydrogen) atoms. The largest absolute Gasteiger partial charge is 0.333 e. The summed E-state index contributed by atoms with van der Waals surface area (Å²) in [5, 5.41) is 2.94. The van der Waals surface area contributed by atoms with E-state index in [1.54, 1.807) is 4.90 Å². The number of nitrogens with one attached hydrogen (secondary N) is 1. The molecule has 0 saturated carbocycles. The van der Waals surface area contributed by atoms with E-state index in [0.29, 0.717) is 24.8 Å². The van der Waals surface area contributed by atoms with E-state index in [0.717, 1.165) is 16.9 Å². The summed E-state index contributed by atoms with van der Waals surface area (Å²) >= 11 is 0. The van der Waals surface area contributed by atoms with Crippen molar-refractivity contribution in [1.29, 1.82) is 0 Å². The van der Waals surface area contributed by atoms with E-state index in [2.05, 4.69) is 31.3 Å². The molecular formula is C27H34N4O2. The van der Waals surface area contributed by atoms with E-state index < -0.39 is 0 Å². The minimum Gasteiger partial charge on any atom is -0.333 e. The first-order valence-corrected chi connectivity index (χ1v) is 11.6. The van der Waals surface area contributed by atoms with Crippen LogP contribution >= 0.6 is 0 Å². The number of carbonyl (C=O) groups excluding carboxylic acids is 2. The summed E-state index contributed by atoms with van der Waals surface area (Å²) in [5.74, 6) is 0.854. The highest BCUT2D eigenvalue weighted by Crippen LogP contribution is 2.25. The van der Waals surface area contributed by atoms with Crippen molar-refractivity contribution in [3.63, 3.8) is 0 Å². The number of benzene rings is 2. The lowest BCUT2D eigenvalue weighted by Crippen LogP contribution is -2.40. The lowest BCUT2D eigenvalue weighted by Gasteiger charge is -2.23. The number of amides is 2. The second kappa shape index (κ2) is 10.9. The van der Waals surface area contributed by atoms with Gasteiger partial charge >= 0.3 is 0 Å². The van der Waals surface area contributed by atoms with Crippen LogP contribution in [0, 0.1) is 5.92 Å². The van der Waals surface area contributed by atoms with Gasteiger partial charge in [-0.15, -0.1) is 0 Å². The smallest absolute Gasteiger partial charge is 0.246 e. The fraction of sp³-hybridized carbons (Fsp3) is 0.370. The van der Waals surface area contributed by atoms with Crippen molar-refractivity contribution < 1.29 is 9.59 Å². The second-order valence-electron chi connectivity index (χ2n) is 9.00. The van der Waals surface area contributed by atoms with Gasteiger partial charge in [-0.3, -0.25) is 19.5 Å². The summed E-state index contributed by atoms with van der Waals surface area (Å²) < 4.78 is 1.89. The number of hydrogen-bond acceptors (Lipinski definition) is 3. The molecule has 6 nitrogen and oxygen atoms in total. The average Bonchev–Trinajstić information content (AvgIpc) is 3.22. The Kier molecular flexibility index (Phi) is 8.04. The quantitative estimate of drug-likeness (QED) is 0.472. The van der Waals surface area contributed by atoms with Gasteiger partial charge in [0.25, 0.3) is 0 Å². The molecule has 2 amide bonds. The number of anilines is 1. The molecule has 174 valence electrons. The Morgan fingerprint density at radius 1 is 1.00 bits per heavy atom. The van der Waals surface area contributed by atoms with Crippen molar-refractivity contribution in [2.75, 3.05) is 18.4 Å². The van der Waals surface area contributed by atoms with Crippen molar-refractivity contribution in [3.8, 4) is 16.9 Å². The van der Waals surface area contributed by atoms with Crippen molar-refractivity contribution in [1.82, 2.24) is 14.5 Å². The van der Waals surface area contributed by atoms with Gasteiger partial charge in [-0.2, -0.15) is 0 Å². The lowest BCUT2D eigenvalue weighted by molar-refractivity contribution is -0.134. The molecule has 1 heterocycles. The van der Waals surface area contributed by atoms with Gasteiger partial charge < -0.3 is 4.90 Å². The summed E-state index contributed by atoms with van der Waals surface area (Å²) in [6.45, 7) is 10.7. The first kappa shape index (κ1) is 24.2. The Morgan fingerprint density at radius 3 is 2.24 bits per heavy atom. The van der Waals surface area contributed by atoms with Gasteiger partial charge in [-0.05, 0) is 29.5 Å². The molecule has 0 fully saturated rings. The molecule has 0 saturated heterocycles. The molecule has 2 aromatic carbocycles. The van der Waals surface area contributed by atoms with Gasteiger partial charge in [0, 0.05) is 30.4 Å². The standard InChI is InChI=1S/C27H34N4O2/c1-6-26(33)30(16-19(2)3)18-25(32)29-27-28-24(22-10-8-7-9-11-22)17-31(27)23-14-12-21(13-15-23)20(4)5/h7-15,17,19-20H,6,16,18H2,1-5H3,(H,28,29,32). The summed E-state index contributed by atoms with van der Waals surface area (Å²) in [6.07, 6.45) is 2.30. The molecule has 0 aliphatic heterocycles. The summed E-state index contributed by atoms with van der Waals surface area (Å²) in [7, 11) is 0. The fourth-order valence-corrected chi connectivity index (χ4v) is 3.69. The number of imidazole rings is 1. The molecular weight excluding hydrogens is 412 g/mol. The van der Waals surface area contributed by atoms with E-state index in [1.165, 1.54) is 5.56 Å². The SMILES string of the molecule is CCC(=O)N(CC(=O)Nc1nc(-c2ccccc2)cn1-c1ccc(C(C)C)cc1)CC(C)C. The number of aromatic nitrogens is 2. The summed E-state index contributed by atoms with van der Waals surface area (Å²) in [5.41, 5.74) is 3.89. The van der Waals surface area contributed by atoms with E-state index >= 15 is 0 Å². The first-order valence-electron chi connectivity index (χ1n) is 11.6.